The SMILES string of the molecule is O=C(OC(C(F)(F)F)C(F)(F)F)N1CC2CN(Cc3c(N4CC5COCC5C4)cccc3C(F)(F)F)CC2C1. The Morgan fingerprint density at radius 3 is 1.92 bits per heavy atom. The van der Waals surface area contributed by atoms with Crippen molar-refractivity contribution in [3.05, 3.63) is 29.3 Å². The van der Waals surface area contributed by atoms with E-state index in [4.69, 9.17) is 4.74 Å². The monoisotopic (exact) mass is 575 g/mol. The van der Waals surface area contributed by atoms with Crippen molar-refractivity contribution in [1.82, 2.24) is 9.80 Å². The van der Waals surface area contributed by atoms with Crippen molar-refractivity contribution in [2.75, 3.05) is 57.4 Å². The van der Waals surface area contributed by atoms with Crippen LogP contribution in [0.15, 0.2) is 18.2 Å². The lowest BCUT2D eigenvalue weighted by Gasteiger charge is -2.29. The van der Waals surface area contributed by atoms with Gasteiger partial charge in [0.05, 0.1) is 18.8 Å². The first-order valence-corrected chi connectivity index (χ1v) is 12.4. The maximum absolute atomic E-state index is 14.0. The smallest absolute Gasteiger partial charge is 0.426 e. The van der Waals surface area contributed by atoms with E-state index in [0.29, 0.717) is 32.0 Å². The van der Waals surface area contributed by atoms with E-state index < -0.39 is 36.3 Å². The highest BCUT2D eigenvalue weighted by Gasteiger charge is 2.60. The molecule has 0 aromatic heterocycles. The van der Waals surface area contributed by atoms with E-state index in [1.807, 2.05) is 4.90 Å². The summed E-state index contributed by atoms with van der Waals surface area (Å²) >= 11 is 0. The van der Waals surface area contributed by atoms with Crippen molar-refractivity contribution in [3.63, 3.8) is 0 Å². The van der Waals surface area contributed by atoms with Gasteiger partial charge in [0.25, 0.3) is 6.10 Å². The average Bonchev–Trinajstić information content (AvgIpc) is 3.55. The lowest BCUT2D eigenvalue weighted by molar-refractivity contribution is -0.308. The summed E-state index contributed by atoms with van der Waals surface area (Å²) in [6, 6.07) is 4.08. The number of ether oxygens (including phenoxy) is 2. The van der Waals surface area contributed by atoms with E-state index in [0.717, 1.165) is 11.0 Å². The fourth-order valence-electron chi connectivity index (χ4n) is 6.27. The molecule has 4 saturated heterocycles. The largest absolute Gasteiger partial charge is 0.434 e. The van der Waals surface area contributed by atoms with Crippen molar-refractivity contribution in [2.45, 2.75) is 31.2 Å². The maximum atomic E-state index is 14.0. The van der Waals surface area contributed by atoms with Gasteiger partial charge < -0.3 is 19.3 Å². The number of fused-ring (bicyclic) bond motifs is 2. The molecule has 15 heteroatoms. The van der Waals surface area contributed by atoms with Crippen LogP contribution in [0.3, 0.4) is 0 Å². The predicted octanol–water partition coefficient (Wildman–Crippen LogP) is 4.78. The molecule has 0 aliphatic carbocycles. The number of hydrogen-bond acceptors (Lipinski definition) is 5. The normalized spacial score (nSPS) is 27.9. The second-order valence-electron chi connectivity index (χ2n) is 10.7. The summed E-state index contributed by atoms with van der Waals surface area (Å²) in [6.45, 7) is 2.44. The number of carbonyl (C=O) groups excluding carboxylic acids is 1. The van der Waals surface area contributed by atoms with Crippen LogP contribution in [0.25, 0.3) is 0 Å². The molecule has 4 aliphatic rings. The zero-order valence-electron chi connectivity index (χ0n) is 20.5. The molecule has 1 aromatic carbocycles. The van der Waals surface area contributed by atoms with Gasteiger partial charge in [0.2, 0.25) is 0 Å². The van der Waals surface area contributed by atoms with Crippen LogP contribution in [-0.2, 0) is 22.2 Å². The molecular formula is C24H26F9N3O3. The van der Waals surface area contributed by atoms with Crippen LogP contribution >= 0.6 is 0 Å². The summed E-state index contributed by atoms with van der Waals surface area (Å²) in [5.74, 6) is -0.146. The molecule has 4 unspecified atom stereocenters. The van der Waals surface area contributed by atoms with Gasteiger partial charge in [-0.2, -0.15) is 39.5 Å². The standard InChI is InChI=1S/C24H26F9N3O3/c25-22(26,27)18-2-1-3-19(35-8-15-11-38-12-16(15)9-35)17(18)10-34-4-13-6-36(7-14(13)5-34)21(37)39-20(23(28,29)30)24(31,32)33/h1-3,13-16,20H,4-12H2. The Kier molecular flexibility index (Phi) is 7.13. The van der Waals surface area contributed by atoms with Crippen molar-refractivity contribution in [2.24, 2.45) is 23.7 Å². The van der Waals surface area contributed by atoms with Gasteiger partial charge in [0.1, 0.15) is 0 Å². The third-order valence-corrected chi connectivity index (χ3v) is 8.05. The van der Waals surface area contributed by atoms with Crippen LogP contribution in [0.2, 0.25) is 0 Å². The molecule has 1 amide bonds. The molecule has 5 rings (SSSR count). The summed E-state index contributed by atoms with van der Waals surface area (Å²) in [5.41, 5.74) is -0.131. The van der Waals surface area contributed by atoms with Crippen LogP contribution in [0.4, 0.5) is 50.0 Å². The first-order valence-electron chi connectivity index (χ1n) is 12.4. The van der Waals surface area contributed by atoms with E-state index in [-0.39, 0.29) is 62.0 Å². The number of carbonyl (C=O) groups is 1. The number of rotatable bonds is 4. The highest BCUT2D eigenvalue weighted by atomic mass is 19.4. The summed E-state index contributed by atoms with van der Waals surface area (Å²) in [6.07, 6.45) is -22.2. The first kappa shape index (κ1) is 28.1. The Hall–Kier alpha value is -2.42. The summed E-state index contributed by atoms with van der Waals surface area (Å²) in [4.78, 5) is 16.7. The van der Waals surface area contributed by atoms with Gasteiger partial charge in [-0.05, 0) is 24.0 Å². The van der Waals surface area contributed by atoms with E-state index in [9.17, 15) is 44.3 Å². The Labute approximate surface area is 217 Å². The molecule has 0 saturated carbocycles. The zero-order chi connectivity index (χ0) is 28.3. The third kappa shape index (κ3) is 5.74. The van der Waals surface area contributed by atoms with Crippen LogP contribution < -0.4 is 4.90 Å². The highest BCUT2D eigenvalue weighted by molar-refractivity contribution is 5.68. The molecule has 1 aromatic rings. The molecular weight excluding hydrogens is 549 g/mol. The summed E-state index contributed by atoms with van der Waals surface area (Å²) < 4.78 is 128. The molecule has 0 bridgehead atoms. The molecule has 4 fully saturated rings. The van der Waals surface area contributed by atoms with Gasteiger partial charge in [-0.3, -0.25) is 4.90 Å². The topological polar surface area (TPSA) is 45.2 Å². The quantitative estimate of drug-likeness (QED) is 0.484. The Morgan fingerprint density at radius 2 is 1.41 bits per heavy atom. The number of nitrogens with zero attached hydrogens (tertiary/aromatic N) is 3. The average molecular weight is 575 g/mol. The fourth-order valence-corrected chi connectivity index (χ4v) is 6.27. The lowest BCUT2D eigenvalue weighted by atomic mass is 10.0. The van der Waals surface area contributed by atoms with Gasteiger partial charge >= 0.3 is 24.6 Å². The van der Waals surface area contributed by atoms with Gasteiger partial charge in [-0.1, -0.05) is 6.07 Å². The maximum Gasteiger partial charge on any atom is 0.434 e. The number of amides is 1. The first-order chi connectivity index (χ1) is 18.1. The molecule has 6 nitrogen and oxygen atoms in total. The number of hydrogen-bond donors (Lipinski definition) is 0. The van der Waals surface area contributed by atoms with E-state index in [1.165, 1.54) is 6.07 Å². The Bertz CT molecular complexity index is 1040. The van der Waals surface area contributed by atoms with Crippen molar-refractivity contribution >= 4 is 11.8 Å². The molecule has 4 atom stereocenters. The number of anilines is 1. The van der Waals surface area contributed by atoms with Gasteiger partial charge in [-0.15, -0.1) is 0 Å². The molecule has 4 aliphatic heterocycles. The van der Waals surface area contributed by atoms with Crippen LogP contribution in [0.1, 0.15) is 11.1 Å². The van der Waals surface area contributed by atoms with Crippen LogP contribution in [-0.4, -0.2) is 86.8 Å². The number of likely N-dealkylation sites (tertiary alicyclic amines) is 2. The summed E-state index contributed by atoms with van der Waals surface area (Å²) in [7, 11) is 0. The van der Waals surface area contributed by atoms with Gasteiger partial charge in [0.15, 0.2) is 0 Å². The zero-order valence-corrected chi connectivity index (χ0v) is 20.5. The van der Waals surface area contributed by atoms with E-state index >= 15 is 0 Å². The second-order valence-corrected chi connectivity index (χ2v) is 10.7. The Balaban J connectivity index is 1.26. The van der Waals surface area contributed by atoms with Gasteiger partial charge in [-0.25, -0.2) is 4.79 Å². The summed E-state index contributed by atoms with van der Waals surface area (Å²) in [5, 5.41) is 0. The lowest BCUT2D eigenvalue weighted by Crippen LogP contribution is -2.48. The van der Waals surface area contributed by atoms with Crippen molar-refractivity contribution in [1.29, 1.82) is 0 Å². The third-order valence-electron chi connectivity index (χ3n) is 8.05. The van der Waals surface area contributed by atoms with Crippen molar-refractivity contribution < 1.29 is 53.8 Å². The minimum Gasteiger partial charge on any atom is -0.426 e. The van der Waals surface area contributed by atoms with E-state index in [2.05, 4.69) is 4.74 Å². The van der Waals surface area contributed by atoms with E-state index in [1.54, 1.807) is 11.0 Å². The predicted molar refractivity (Wildman–Crippen MR) is 118 cm³/mol. The number of alkyl halides is 9. The second kappa shape index (κ2) is 9.89. The Morgan fingerprint density at radius 1 is 0.846 bits per heavy atom. The molecule has 39 heavy (non-hydrogen) atoms. The van der Waals surface area contributed by atoms with Gasteiger partial charge in [0, 0.05) is 68.9 Å². The number of halogens is 9. The minimum atomic E-state index is -5.81. The molecule has 4 heterocycles. The van der Waals surface area contributed by atoms with Crippen molar-refractivity contribution in [3.8, 4) is 0 Å². The molecule has 0 N–H and O–H groups in total. The molecule has 0 radical (unpaired) electrons. The molecule has 0 spiro atoms. The highest BCUT2D eigenvalue weighted by Crippen LogP contribution is 2.42. The molecule has 218 valence electrons. The fraction of sp³-hybridized carbons (Fsp3) is 0.708. The van der Waals surface area contributed by atoms with Crippen LogP contribution in [0.5, 0.6) is 0 Å². The minimum absolute atomic E-state index is 0.0327. The van der Waals surface area contributed by atoms with Crippen LogP contribution in [0, 0.1) is 23.7 Å². The number of benzene rings is 1.